The van der Waals surface area contributed by atoms with E-state index in [0.717, 1.165) is 33.3 Å². The summed E-state index contributed by atoms with van der Waals surface area (Å²) in [5, 5.41) is 4.34. The molecule has 4 nitrogen and oxygen atoms in total. The molecule has 0 saturated carbocycles. The van der Waals surface area contributed by atoms with Crippen LogP contribution < -0.4 is 10.1 Å². The molecule has 0 bridgehead atoms. The van der Waals surface area contributed by atoms with E-state index in [4.69, 9.17) is 9.15 Å². The lowest BCUT2D eigenvalue weighted by atomic mass is 10.2. The van der Waals surface area contributed by atoms with Crippen LogP contribution in [0.25, 0.3) is 10.2 Å². The van der Waals surface area contributed by atoms with Crippen LogP contribution in [0.5, 0.6) is 5.75 Å². The fourth-order valence-corrected chi connectivity index (χ4v) is 3.09. The molecule has 2 aromatic heterocycles. The zero-order chi connectivity index (χ0) is 13.9. The Morgan fingerprint density at radius 2 is 2.30 bits per heavy atom. The molecule has 0 aliphatic heterocycles. The minimum Gasteiger partial charge on any atom is -0.497 e. The average molecular weight is 288 g/mol. The van der Waals surface area contributed by atoms with Crippen molar-refractivity contribution in [3.05, 3.63) is 42.4 Å². The van der Waals surface area contributed by atoms with Gasteiger partial charge in [0.25, 0.3) is 0 Å². The minimum atomic E-state index is 0.267. The van der Waals surface area contributed by atoms with Gasteiger partial charge in [-0.2, -0.15) is 0 Å². The molecule has 20 heavy (non-hydrogen) atoms. The van der Waals surface area contributed by atoms with E-state index >= 15 is 0 Å². The molecule has 104 valence electrons. The maximum Gasteiger partial charge on any atom is 0.184 e. The van der Waals surface area contributed by atoms with Gasteiger partial charge in [-0.1, -0.05) is 11.3 Å². The molecule has 1 aromatic carbocycles. The summed E-state index contributed by atoms with van der Waals surface area (Å²) in [6, 6.07) is 10.1. The first-order valence-electron chi connectivity index (χ1n) is 6.48. The van der Waals surface area contributed by atoms with Gasteiger partial charge < -0.3 is 14.5 Å². The maximum atomic E-state index is 5.36. The zero-order valence-electron chi connectivity index (χ0n) is 11.4. The fourth-order valence-electron chi connectivity index (χ4n) is 2.09. The minimum absolute atomic E-state index is 0.267. The average Bonchev–Trinajstić information content (AvgIpc) is 3.06. The summed E-state index contributed by atoms with van der Waals surface area (Å²) in [6.45, 7) is 2.12. The molecule has 1 atom stereocenters. The van der Waals surface area contributed by atoms with Crippen molar-refractivity contribution in [3.63, 3.8) is 0 Å². The Labute approximate surface area is 121 Å². The van der Waals surface area contributed by atoms with E-state index in [1.165, 1.54) is 0 Å². The summed E-state index contributed by atoms with van der Waals surface area (Å²) in [6.07, 6.45) is 2.54. The molecule has 0 aliphatic rings. The summed E-state index contributed by atoms with van der Waals surface area (Å²) in [4.78, 5) is 4.58. The van der Waals surface area contributed by atoms with E-state index in [2.05, 4.69) is 17.2 Å². The summed E-state index contributed by atoms with van der Waals surface area (Å²) in [5.41, 5.74) is 0.989. The van der Waals surface area contributed by atoms with Crippen molar-refractivity contribution >= 4 is 26.7 Å². The van der Waals surface area contributed by atoms with Crippen molar-refractivity contribution in [2.75, 3.05) is 12.4 Å². The van der Waals surface area contributed by atoms with Crippen LogP contribution in [0.4, 0.5) is 5.13 Å². The number of fused-ring (bicyclic) bond motifs is 1. The van der Waals surface area contributed by atoms with Crippen molar-refractivity contribution in [1.82, 2.24) is 4.98 Å². The summed E-state index contributed by atoms with van der Waals surface area (Å²) in [7, 11) is 1.67. The lowest BCUT2D eigenvalue weighted by molar-refractivity contribution is 0.415. The second kappa shape index (κ2) is 5.54. The van der Waals surface area contributed by atoms with Gasteiger partial charge in [-0.25, -0.2) is 4.98 Å². The Morgan fingerprint density at radius 1 is 1.40 bits per heavy atom. The molecular weight excluding hydrogens is 272 g/mol. The number of aromatic nitrogens is 1. The van der Waals surface area contributed by atoms with Gasteiger partial charge in [0, 0.05) is 12.5 Å². The topological polar surface area (TPSA) is 47.3 Å². The normalized spacial score (nSPS) is 12.5. The zero-order valence-corrected chi connectivity index (χ0v) is 12.2. The van der Waals surface area contributed by atoms with Crippen LogP contribution in [0.2, 0.25) is 0 Å². The van der Waals surface area contributed by atoms with Gasteiger partial charge in [0.05, 0.1) is 23.6 Å². The third kappa shape index (κ3) is 2.77. The van der Waals surface area contributed by atoms with Gasteiger partial charge in [-0.3, -0.25) is 0 Å². The Hall–Kier alpha value is -2.01. The smallest absolute Gasteiger partial charge is 0.184 e. The maximum absolute atomic E-state index is 5.36. The van der Waals surface area contributed by atoms with E-state index in [1.807, 2.05) is 30.3 Å². The SMILES string of the molecule is COc1ccc2nc(NC(C)Cc3ccco3)sc2c1. The van der Waals surface area contributed by atoms with Gasteiger partial charge >= 0.3 is 0 Å². The van der Waals surface area contributed by atoms with E-state index in [9.17, 15) is 0 Å². The molecule has 3 rings (SSSR count). The van der Waals surface area contributed by atoms with Crippen molar-refractivity contribution in [2.45, 2.75) is 19.4 Å². The molecular formula is C15H16N2O2S. The molecule has 0 fully saturated rings. The highest BCUT2D eigenvalue weighted by atomic mass is 32.1. The Morgan fingerprint density at radius 3 is 3.05 bits per heavy atom. The number of thiazole rings is 1. The molecule has 0 amide bonds. The van der Waals surface area contributed by atoms with Crippen LogP contribution in [0.15, 0.2) is 41.0 Å². The lowest BCUT2D eigenvalue weighted by Gasteiger charge is -2.10. The van der Waals surface area contributed by atoms with Crippen LogP contribution >= 0.6 is 11.3 Å². The number of furan rings is 1. The highest BCUT2D eigenvalue weighted by Crippen LogP contribution is 2.29. The van der Waals surface area contributed by atoms with Gasteiger partial charge in [0.2, 0.25) is 0 Å². The number of benzene rings is 1. The van der Waals surface area contributed by atoms with Crippen LogP contribution in [-0.2, 0) is 6.42 Å². The molecule has 3 aromatic rings. The fraction of sp³-hybridized carbons (Fsp3) is 0.267. The largest absolute Gasteiger partial charge is 0.497 e. The Kier molecular flexibility index (Phi) is 3.60. The monoisotopic (exact) mass is 288 g/mol. The third-order valence-corrected chi connectivity index (χ3v) is 4.00. The van der Waals surface area contributed by atoms with Crippen LogP contribution in [-0.4, -0.2) is 18.1 Å². The molecule has 0 aliphatic carbocycles. The highest BCUT2D eigenvalue weighted by molar-refractivity contribution is 7.22. The second-order valence-electron chi connectivity index (χ2n) is 4.68. The number of hydrogen-bond donors (Lipinski definition) is 1. The number of nitrogens with zero attached hydrogens (tertiary/aromatic N) is 1. The second-order valence-corrected chi connectivity index (χ2v) is 5.71. The predicted molar refractivity (Wildman–Crippen MR) is 81.7 cm³/mol. The van der Waals surface area contributed by atoms with E-state index in [-0.39, 0.29) is 6.04 Å². The molecule has 1 N–H and O–H groups in total. The van der Waals surface area contributed by atoms with E-state index < -0.39 is 0 Å². The first-order valence-corrected chi connectivity index (χ1v) is 7.30. The van der Waals surface area contributed by atoms with Crippen LogP contribution in [0.1, 0.15) is 12.7 Å². The molecule has 2 heterocycles. The number of rotatable bonds is 5. The summed E-state index contributed by atoms with van der Waals surface area (Å²) in [5.74, 6) is 1.84. The van der Waals surface area contributed by atoms with Crippen molar-refractivity contribution in [1.29, 1.82) is 0 Å². The van der Waals surface area contributed by atoms with Crippen LogP contribution in [0.3, 0.4) is 0 Å². The van der Waals surface area contributed by atoms with E-state index in [0.29, 0.717) is 0 Å². The third-order valence-electron chi connectivity index (χ3n) is 3.05. The summed E-state index contributed by atoms with van der Waals surface area (Å²) < 4.78 is 11.7. The van der Waals surface area contributed by atoms with Crippen molar-refractivity contribution < 1.29 is 9.15 Å². The quantitative estimate of drug-likeness (QED) is 0.772. The lowest BCUT2D eigenvalue weighted by Crippen LogP contribution is -2.17. The van der Waals surface area contributed by atoms with E-state index in [1.54, 1.807) is 24.7 Å². The molecule has 0 spiro atoms. The number of ether oxygens (including phenoxy) is 1. The van der Waals surface area contributed by atoms with Gasteiger partial charge in [0.15, 0.2) is 5.13 Å². The van der Waals surface area contributed by atoms with Gasteiger partial charge in [0.1, 0.15) is 11.5 Å². The van der Waals surface area contributed by atoms with Gasteiger partial charge in [-0.05, 0) is 37.3 Å². The van der Waals surface area contributed by atoms with Gasteiger partial charge in [-0.15, -0.1) is 0 Å². The van der Waals surface area contributed by atoms with Crippen molar-refractivity contribution in [2.24, 2.45) is 0 Å². The van der Waals surface area contributed by atoms with Crippen molar-refractivity contribution in [3.8, 4) is 5.75 Å². The number of methoxy groups -OCH3 is 1. The molecule has 5 heteroatoms. The van der Waals surface area contributed by atoms with Crippen LogP contribution in [0, 0.1) is 0 Å². The Balaban J connectivity index is 1.73. The number of anilines is 1. The molecule has 0 radical (unpaired) electrons. The predicted octanol–water partition coefficient (Wildman–Crippen LogP) is 3.94. The standard InChI is InChI=1S/C15H16N2O2S/c1-10(8-12-4-3-7-19-12)16-15-17-13-6-5-11(18-2)9-14(13)20-15/h3-7,9-10H,8H2,1-2H3,(H,16,17). The Bertz CT molecular complexity index is 691. The number of nitrogens with one attached hydrogen (secondary N) is 1. The number of hydrogen-bond acceptors (Lipinski definition) is 5. The summed E-state index contributed by atoms with van der Waals surface area (Å²) >= 11 is 1.63. The molecule has 1 unspecified atom stereocenters. The highest BCUT2D eigenvalue weighted by Gasteiger charge is 2.09. The molecule has 0 saturated heterocycles. The first-order chi connectivity index (χ1) is 9.74. The first kappa shape index (κ1) is 13.0.